The van der Waals surface area contributed by atoms with Gasteiger partial charge in [0.15, 0.2) is 0 Å². The lowest BCUT2D eigenvalue weighted by atomic mass is 10.1. The molecule has 0 amide bonds. The largest absolute Gasteiger partial charge is 0.455 e. The number of aliphatic hydroxyl groups is 1. The van der Waals surface area contributed by atoms with Crippen molar-refractivity contribution in [1.82, 2.24) is 0 Å². The van der Waals surface area contributed by atoms with Crippen molar-refractivity contribution in [2.75, 3.05) is 6.61 Å². The molecule has 7 heteroatoms. The molecule has 2 nitrogen and oxygen atoms in total. The maximum Gasteiger partial charge on any atom is 0.455 e. The van der Waals surface area contributed by atoms with Crippen LogP contribution in [0.25, 0.3) is 0 Å². The van der Waals surface area contributed by atoms with Gasteiger partial charge in [-0.1, -0.05) is 0 Å². The van der Waals surface area contributed by atoms with Crippen LogP contribution in [0, 0.1) is 0 Å². The fourth-order valence-corrected chi connectivity index (χ4v) is 0.325. The molecule has 0 heterocycles. The van der Waals surface area contributed by atoms with Crippen LogP contribution in [-0.2, 0) is 0 Å². The number of rotatable bonds is 2. The third-order valence-electron chi connectivity index (χ3n) is 1.04. The highest BCUT2D eigenvalue weighted by molar-refractivity contribution is 4.86. The van der Waals surface area contributed by atoms with Gasteiger partial charge in [-0.25, -0.2) is 0 Å². The van der Waals surface area contributed by atoms with Gasteiger partial charge in [0, 0.05) is 0 Å². The Morgan fingerprint density at radius 3 is 1.64 bits per heavy atom. The SMILES string of the molecule is NC(CO)C(F)(F)C(F)(F)F. The number of hydrogen-bond acceptors (Lipinski definition) is 2. The smallest absolute Gasteiger partial charge is 0.395 e. The Balaban J connectivity index is 4.45. The summed E-state index contributed by atoms with van der Waals surface area (Å²) in [5, 5.41) is 7.93. The van der Waals surface area contributed by atoms with Gasteiger partial charge in [-0.3, -0.25) is 0 Å². The Hall–Kier alpha value is -0.430. The lowest BCUT2D eigenvalue weighted by molar-refractivity contribution is -0.291. The standard InChI is InChI=1S/C4H6F5NO/c5-3(6,2(10)1-11)4(7,8)9/h2,11H,1,10H2. The van der Waals surface area contributed by atoms with E-state index in [1.807, 2.05) is 0 Å². The first kappa shape index (κ1) is 10.6. The molecule has 0 rings (SSSR count). The molecule has 0 fully saturated rings. The summed E-state index contributed by atoms with van der Waals surface area (Å²) in [5.41, 5.74) is 4.32. The zero-order valence-corrected chi connectivity index (χ0v) is 5.20. The highest BCUT2D eigenvalue weighted by Gasteiger charge is 2.61. The van der Waals surface area contributed by atoms with Crippen molar-refractivity contribution >= 4 is 0 Å². The van der Waals surface area contributed by atoms with Crippen molar-refractivity contribution in [2.24, 2.45) is 5.73 Å². The molecule has 1 unspecified atom stereocenters. The minimum absolute atomic E-state index is 1.41. The van der Waals surface area contributed by atoms with Crippen LogP contribution in [0.3, 0.4) is 0 Å². The van der Waals surface area contributed by atoms with E-state index in [1.165, 1.54) is 0 Å². The van der Waals surface area contributed by atoms with E-state index in [4.69, 9.17) is 5.11 Å². The van der Waals surface area contributed by atoms with Crippen molar-refractivity contribution in [3.05, 3.63) is 0 Å². The predicted octanol–water partition coefficient (Wildman–Crippen LogP) is 0.504. The maximum absolute atomic E-state index is 11.9. The topological polar surface area (TPSA) is 46.2 Å². The van der Waals surface area contributed by atoms with Gasteiger partial charge in [-0.15, -0.1) is 0 Å². The van der Waals surface area contributed by atoms with E-state index >= 15 is 0 Å². The van der Waals surface area contributed by atoms with Crippen LogP contribution in [0.15, 0.2) is 0 Å². The summed E-state index contributed by atoms with van der Waals surface area (Å²) in [5.74, 6) is -5.03. The van der Waals surface area contributed by atoms with Gasteiger partial charge < -0.3 is 10.8 Å². The third kappa shape index (κ3) is 2.00. The quantitative estimate of drug-likeness (QED) is 0.606. The van der Waals surface area contributed by atoms with Gasteiger partial charge >= 0.3 is 12.1 Å². The molecule has 68 valence electrons. The molecule has 0 saturated carbocycles. The molecule has 0 aliphatic heterocycles. The normalized spacial score (nSPS) is 16.6. The van der Waals surface area contributed by atoms with Gasteiger partial charge in [0.05, 0.1) is 6.61 Å². The Labute approximate surface area is 58.8 Å². The minimum atomic E-state index is -5.70. The average molecular weight is 179 g/mol. The van der Waals surface area contributed by atoms with Gasteiger partial charge in [0.2, 0.25) is 0 Å². The molecule has 0 aliphatic rings. The van der Waals surface area contributed by atoms with E-state index in [9.17, 15) is 22.0 Å². The predicted molar refractivity (Wildman–Crippen MR) is 26.1 cm³/mol. The Morgan fingerprint density at radius 1 is 1.18 bits per heavy atom. The lowest BCUT2D eigenvalue weighted by Crippen LogP contribution is -2.53. The van der Waals surface area contributed by atoms with Crippen LogP contribution < -0.4 is 5.73 Å². The molecule has 0 saturated heterocycles. The van der Waals surface area contributed by atoms with Gasteiger partial charge in [0.25, 0.3) is 0 Å². The summed E-state index contributed by atoms with van der Waals surface area (Å²) in [4.78, 5) is 0. The Bertz CT molecular complexity index is 133. The zero-order chi connectivity index (χ0) is 9.28. The molecular weight excluding hydrogens is 173 g/mol. The highest BCUT2D eigenvalue weighted by atomic mass is 19.4. The van der Waals surface area contributed by atoms with Crippen molar-refractivity contribution < 1.29 is 27.1 Å². The molecule has 1 atom stereocenters. The van der Waals surface area contributed by atoms with E-state index in [0.29, 0.717) is 0 Å². The fraction of sp³-hybridized carbons (Fsp3) is 1.00. The van der Waals surface area contributed by atoms with Gasteiger partial charge in [-0.2, -0.15) is 22.0 Å². The molecular formula is C4H6F5NO. The highest BCUT2D eigenvalue weighted by Crippen LogP contribution is 2.37. The monoisotopic (exact) mass is 179 g/mol. The fourth-order valence-electron chi connectivity index (χ4n) is 0.325. The first-order valence-corrected chi connectivity index (χ1v) is 2.54. The molecule has 0 aromatic rings. The second-order valence-electron chi connectivity index (χ2n) is 1.91. The average Bonchev–Trinajstić information content (AvgIpc) is 1.83. The second kappa shape index (κ2) is 2.90. The minimum Gasteiger partial charge on any atom is -0.395 e. The molecule has 3 N–H and O–H groups in total. The van der Waals surface area contributed by atoms with Crippen molar-refractivity contribution in [1.29, 1.82) is 0 Å². The third-order valence-corrected chi connectivity index (χ3v) is 1.04. The zero-order valence-electron chi connectivity index (χ0n) is 5.20. The number of hydrogen-bond donors (Lipinski definition) is 2. The number of aliphatic hydroxyl groups excluding tert-OH is 1. The summed E-state index contributed by atoms with van der Waals surface area (Å²) in [7, 11) is 0. The second-order valence-corrected chi connectivity index (χ2v) is 1.91. The molecule has 0 bridgehead atoms. The lowest BCUT2D eigenvalue weighted by Gasteiger charge is -2.23. The van der Waals surface area contributed by atoms with Gasteiger partial charge in [-0.05, 0) is 0 Å². The summed E-state index contributed by atoms with van der Waals surface area (Å²) in [6.45, 7) is -1.41. The van der Waals surface area contributed by atoms with E-state index in [0.717, 1.165) is 0 Å². The van der Waals surface area contributed by atoms with Crippen LogP contribution in [0.5, 0.6) is 0 Å². The molecule has 0 aliphatic carbocycles. The van der Waals surface area contributed by atoms with Crippen LogP contribution in [-0.4, -0.2) is 29.9 Å². The van der Waals surface area contributed by atoms with Crippen LogP contribution in [0.4, 0.5) is 22.0 Å². The molecule has 0 aromatic carbocycles. The van der Waals surface area contributed by atoms with E-state index in [2.05, 4.69) is 5.73 Å². The first-order chi connectivity index (χ1) is 4.73. The van der Waals surface area contributed by atoms with Crippen LogP contribution in [0.2, 0.25) is 0 Å². The summed E-state index contributed by atoms with van der Waals surface area (Å²) in [6, 6.07) is -2.59. The van der Waals surface area contributed by atoms with E-state index in [1.54, 1.807) is 0 Å². The summed E-state index contributed by atoms with van der Waals surface area (Å²) < 4.78 is 57.8. The van der Waals surface area contributed by atoms with Crippen molar-refractivity contribution in [3.63, 3.8) is 0 Å². The molecule has 0 radical (unpaired) electrons. The first-order valence-electron chi connectivity index (χ1n) is 2.54. The molecule has 0 aromatic heterocycles. The number of alkyl halides is 5. The Morgan fingerprint density at radius 2 is 1.55 bits per heavy atom. The van der Waals surface area contributed by atoms with Crippen LogP contribution >= 0.6 is 0 Å². The summed E-state index contributed by atoms with van der Waals surface area (Å²) >= 11 is 0. The Kier molecular flexibility index (Phi) is 2.79. The van der Waals surface area contributed by atoms with E-state index in [-0.39, 0.29) is 0 Å². The number of nitrogens with two attached hydrogens (primary N) is 1. The van der Waals surface area contributed by atoms with Gasteiger partial charge in [0.1, 0.15) is 6.04 Å². The van der Waals surface area contributed by atoms with Crippen LogP contribution in [0.1, 0.15) is 0 Å². The van der Waals surface area contributed by atoms with E-state index < -0.39 is 24.7 Å². The maximum atomic E-state index is 11.9. The molecule has 0 spiro atoms. The van der Waals surface area contributed by atoms with Crippen molar-refractivity contribution in [2.45, 2.75) is 18.1 Å². The number of halogens is 5. The van der Waals surface area contributed by atoms with Crippen molar-refractivity contribution in [3.8, 4) is 0 Å². The molecule has 11 heavy (non-hydrogen) atoms. The summed E-state index contributed by atoms with van der Waals surface area (Å²) in [6.07, 6.45) is -5.70.